The summed E-state index contributed by atoms with van der Waals surface area (Å²) in [6, 6.07) is 7.89. The largest absolute Gasteiger partial charge is 0.454 e. The van der Waals surface area contributed by atoms with Crippen molar-refractivity contribution in [2.45, 2.75) is 65.3 Å². The number of aromatic nitrogens is 2. The van der Waals surface area contributed by atoms with Crippen LogP contribution < -0.4 is 19.5 Å². The molecule has 0 saturated heterocycles. The molecule has 8 heteroatoms. The third-order valence-electron chi connectivity index (χ3n) is 6.87. The molecule has 0 unspecified atom stereocenters. The number of benzene rings is 1. The molecule has 3 aromatic rings. The van der Waals surface area contributed by atoms with Crippen molar-refractivity contribution in [3.63, 3.8) is 0 Å². The molecule has 1 saturated carbocycles. The van der Waals surface area contributed by atoms with Gasteiger partial charge in [0.1, 0.15) is 5.01 Å². The monoisotopic (exact) mass is 495 g/mol. The molecule has 0 radical (unpaired) electrons. The van der Waals surface area contributed by atoms with E-state index >= 15 is 0 Å². The maximum atomic E-state index is 12.4. The Morgan fingerprint density at radius 1 is 1.20 bits per heavy atom. The Kier molecular flexibility index (Phi) is 7.27. The number of hydrogen-bond donors (Lipinski definition) is 1. The zero-order chi connectivity index (χ0) is 24.2. The number of fused-ring (bicyclic) bond motifs is 1. The topological polar surface area (TPSA) is 74.6 Å². The number of hydrogen-bond acceptors (Lipinski definition) is 6. The number of thiazole rings is 1. The number of carbonyl (C=O) groups excluding carboxylic acids is 1. The quantitative estimate of drug-likeness (QED) is 0.349. The first kappa shape index (κ1) is 23.7. The number of nitrogens with zero attached hydrogens (tertiary/aromatic N) is 2. The van der Waals surface area contributed by atoms with E-state index in [1.165, 1.54) is 32.1 Å². The molecular formula is C27H33N3O4S. The van der Waals surface area contributed by atoms with Crippen molar-refractivity contribution in [3.8, 4) is 39.2 Å². The number of unbranched alkanes of at least 4 members (excludes halogenated alkanes) is 1. The van der Waals surface area contributed by atoms with E-state index in [-0.39, 0.29) is 6.79 Å². The molecule has 0 atom stereocenters. The third kappa shape index (κ3) is 5.32. The zero-order valence-corrected chi connectivity index (χ0v) is 21.3. The average molecular weight is 496 g/mol. The van der Waals surface area contributed by atoms with Crippen molar-refractivity contribution >= 4 is 17.4 Å². The highest BCUT2D eigenvalue weighted by Gasteiger charge is 2.23. The number of amides is 1. The van der Waals surface area contributed by atoms with Crippen molar-refractivity contribution in [2.24, 2.45) is 5.92 Å². The lowest BCUT2D eigenvalue weighted by atomic mass is 9.89. The normalized spacial score (nSPS) is 15.4. The van der Waals surface area contributed by atoms with Crippen LogP contribution in [-0.2, 0) is 6.54 Å². The second kappa shape index (κ2) is 10.7. The lowest BCUT2D eigenvalue weighted by molar-refractivity contribution is 0.174. The number of rotatable bonds is 8. The van der Waals surface area contributed by atoms with Crippen LogP contribution in [0.2, 0.25) is 0 Å². The van der Waals surface area contributed by atoms with Crippen LogP contribution in [0, 0.1) is 12.8 Å². The molecule has 1 aliphatic heterocycles. The van der Waals surface area contributed by atoms with Gasteiger partial charge in [0, 0.05) is 30.1 Å². The molecule has 1 aromatic carbocycles. The van der Waals surface area contributed by atoms with Crippen LogP contribution >= 0.6 is 11.3 Å². The number of nitrogens with one attached hydrogen (secondary N) is 1. The zero-order valence-electron chi connectivity index (χ0n) is 20.5. The summed E-state index contributed by atoms with van der Waals surface area (Å²) in [7, 11) is 0. The van der Waals surface area contributed by atoms with Crippen molar-refractivity contribution < 1.29 is 19.0 Å². The summed E-state index contributed by atoms with van der Waals surface area (Å²) in [5.74, 6) is 2.75. The minimum absolute atomic E-state index is 0.255. The maximum absolute atomic E-state index is 12.4. The van der Waals surface area contributed by atoms with E-state index in [4.69, 9.17) is 19.2 Å². The summed E-state index contributed by atoms with van der Waals surface area (Å²) < 4.78 is 19.0. The van der Waals surface area contributed by atoms with E-state index in [1.807, 2.05) is 31.2 Å². The second-order valence-electron chi connectivity index (χ2n) is 9.37. The molecule has 2 aromatic heterocycles. The van der Waals surface area contributed by atoms with Crippen molar-refractivity contribution in [3.05, 3.63) is 35.3 Å². The van der Waals surface area contributed by atoms with Crippen LogP contribution in [0.1, 0.15) is 57.6 Å². The van der Waals surface area contributed by atoms with Gasteiger partial charge in [-0.3, -0.25) is 0 Å². The van der Waals surface area contributed by atoms with Crippen LogP contribution in [0.5, 0.6) is 17.2 Å². The van der Waals surface area contributed by atoms with Gasteiger partial charge in [0.2, 0.25) is 6.79 Å². The Bertz CT molecular complexity index is 1180. The predicted octanol–water partition coefficient (Wildman–Crippen LogP) is 6.78. The first-order chi connectivity index (χ1) is 17.1. The fourth-order valence-corrected chi connectivity index (χ4v) is 5.67. The summed E-state index contributed by atoms with van der Waals surface area (Å²) in [5.41, 5.74) is 3.85. The van der Waals surface area contributed by atoms with Crippen LogP contribution in [-0.4, -0.2) is 29.0 Å². The van der Waals surface area contributed by atoms with Gasteiger partial charge in [-0.1, -0.05) is 32.6 Å². The number of carbonyl (C=O) groups is 1. The second-order valence-corrected chi connectivity index (χ2v) is 10.2. The highest BCUT2D eigenvalue weighted by Crippen LogP contribution is 2.39. The molecule has 2 aliphatic rings. The first-order valence-electron chi connectivity index (χ1n) is 12.6. The number of ether oxygens (including phenoxy) is 3. The third-order valence-corrected chi connectivity index (χ3v) is 7.77. The van der Waals surface area contributed by atoms with Crippen LogP contribution in [0.15, 0.2) is 29.6 Å². The van der Waals surface area contributed by atoms with Gasteiger partial charge in [0.05, 0.1) is 17.1 Å². The Morgan fingerprint density at radius 3 is 2.86 bits per heavy atom. The predicted molar refractivity (Wildman–Crippen MR) is 137 cm³/mol. The van der Waals surface area contributed by atoms with E-state index < -0.39 is 6.09 Å². The van der Waals surface area contributed by atoms with Gasteiger partial charge >= 0.3 is 6.09 Å². The molecule has 1 aliphatic carbocycles. The minimum atomic E-state index is -0.401. The molecule has 3 heterocycles. The molecule has 1 fully saturated rings. The molecule has 0 spiro atoms. The molecule has 0 bridgehead atoms. The fraction of sp³-hybridized carbons (Fsp3) is 0.481. The molecule has 1 amide bonds. The van der Waals surface area contributed by atoms with E-state index in [0.717, 1.165) is 58.5 Å². The summed E-state index contributed by atoms with van der Waals surface area (Å²) >= 11 is 1.60. The first-order valence-corrected chi connectivity index (χ1v) is 13.5. The van der Waals surface area contributed by atoms with E-state index in [1.54, 1.807) is 11.3 Å². The summed E-state index contributed by atoms with van der Waals surface area (Å²) in [6.07, 6.45) is 7.94. The molecule has 5 rings (SSSR count). The molecule has 35 heavy (non-hydrogen) atoms. The Morgan fingerprint density at radius 2 is 2.03 bits per heavy atom. The maximum Gasteiger partial charge on any atom is 0.412 e. The SMILES string of the molecule is CCCCNC(=O)Oc1cc(-c2csc(-c3ccc4c(c3)OCO4)n2)n(CC2CCCCC2)c1C. The molecule has 186 valence electrons. The summed E-state index contributed by atoms with van der Waals surface area (Å²) in [6.45, 7) is 5.92. The average Bonchev–Trinajstić information content (AvgIpc) is 3.60. The van der Waals surface area contributed by atoms with Gasteiger partial charge in [-0.05, 0) is 50.3 Å². The van der Waals surface area contributed by atoms with E-state index in [9.17, 15) is 4.79 Å². The van der Waals surface area contributed by atoms with Crippen molar-refractivity contribution in [2.75, 3.05) is 13.3 Å². The fourth-order valence-electron chi connectivity index (χ4n) is 4.86. The molecule has 7 nitrogen and oxygen atoms in total. The van der Waals surface area contributed by atoms with Crippen molar-refractivity contribution in [1.82, 2.24) is 14.9 Å². The Balaban J connectivity index is 1.43. The summed E-state index contributed by atoms with van der Waals surface area (Å²) in [4.78, 5) is 17.4. The highest BCUT2D eigenvalue weighted by molar-refractivity contribution is 7.13. The van der Waals surface area contributed by atoms with Crippen LogP contribution in [0.4, 0.5) is 4.79 Å². The Hall–Kier alpha value is -3.00. The minimum Gasteiger partial charge on any atom is -0.454 e. The van der Waals surface area contributed by atoms with Gasteiger partial charge in [-0.15, -0.1) is 11.3 Å². The smallest absolute Gasteiger partial charge is 0.412 e. The van der Waals surface area contributed by atoms with Gasteiger partial charge in [-0.25, -0.2) is 9.78 Å². The summed E-state index contributed by atoms with van der Waals surface area (Å²) in [5, 5.41) is 5.85. The molecule has 1 N–H and O–H groups in total. The van der Waals surface area contributed by atoms with E-state index in [2.05, 4.69) is 22.2 Å². The highest BCUT2D eigenvalue weighted by atomic mass is 32.1. The lowest BCUT2D eigenvalue weighted by Crippen LogP contribution is -2.27. The van der Waals surface area contributed by atoms with Crippen LogP contribution in [0.25, 0.3) is 22.0 Å². The van der Waals surface area contributed by atoms with Crippen molar-refractivity contribution in [1.29, 1.82) is 0 Å². The standard InChI is InChI=1S/C27H33N3O4S/c1-3-4-12-28-27(31)34-24-14-22(30(18(24)2)15-19-8-6-5-7-9-19)21-16-35-26(29-21)20-10-11-23-25(13-20)33-17-32-23/h10-11,13-14,16,19H,3-9,12,15,17H2,1-2H3,(H,28,31). The van der Waals surface area contributed by atoms with Gasteiger partial charge in [0.25, 0.3) is 0 Å². The molecular weight excluding hydrogens is 462 g/mol. The Labute approximate surface area is 210 Å². The van der Waals surface area contributed by atoms with Gasteiger partial charge in [0.15, 0.2) is 17.2 Å². The van der Waals surface area contributed by atoms with Gasteiger partial charge in [-0.2, -0.15) is 0 Å². The van der Waals surface area contributed by atoms with Crippen LogP contribution in [0.3, 0.4) is 0 Å². The van der Waals surface area contributed by atoms with E-state index in [0.29, 0.717) is 18.2 Å². The lowest BCUT2D eigenvalue weighted by Gasteiger charge is -2.24. The van der Waals surface area contributed by atoms with Gasteiger partial charge < -0.3 is 24.1 Å².